The topological polar surface area (TPSA) is 23.5 Å². The summed E-state index contributed by atoms with van der Waals surface area (Å²) in [7, 11) is 0. The van der Waals surface area contributed by atoms with Crippen molar-refractivity contribution < 1.29 is 22.8 Å². The van der Waals surface area contributed by atoms with E-state index in [1.807, 2.05) is 0 Å². The summed E-state index contributed by atoms with van der Waals surface area (Å²) in [6.07, 6.45) is -4.37. The molecule has 2 aromatic carbocycles. The van der Waals surface area contributed by atoms with Gasteiger partial charge in [0.15, 0.2) is 0 Å². The van der Waals surface area contributed by atoms with Gasteiger partial charge in [-0.05, 0) is 35.4 Å². The molecule has 0 unspecified atom stereocenters. The first kappa shape index (κ1) is 15.5. The van der Waals surface area contributed by atoms with Gasteiger partial charge < -0.3 is 5.21 Å². The van der Waals surface area contributed by atoms with E-state index in [-0.39, 0.29) is 18.9 Å². The Morgan fingerprint density at radius 1 is 0.810 bits per heavy atom. The van der Waals surface area contributed by atoms with Crippen molar-refractivity contribution in [2.75, 3.05) is 0 Å². The maximum Gasteiger partial charge on any atom is 0.416 e. The fraction of sp³-hybridized carbons (Fsp3) is 0.200. The molecule has 0 aromatic heterocycles. The molecule has 0 amide bonds. The van der Waals surface area contributed by atoms with Crippen LogP contribution in [0, 0.1) is 5.82 Å². The van der Waals surface area contributed by atoms with Crippen LogP contribution in [0.4, 0.5) is 17.6 Å². The second kappa shape index (κ2) is 6.24. The van der Waals surface area contributed by atoms with Gasteiger partial charge in [0.1, 0.15) is 5.82 Å². The number of benzene rings is 2. The van der Waals surface area contributed by atoms with E-state index in [0.717, 1.165) is 17.2 Å². The van der Waals surface area contributed by atoms with Crippen LogP contribution >= 0.6 is 0 Å². The van der Waals surface area contributed by atoms with Crippen LogP contribution in [-0.2, 0) is 19.3 Å². The van der Waals surface area contributed by atoms with Crippen molar-refractivity contribution in [1.82, 2.24) is 5.06 Å². The molecule has 0 saturated carbocycles. The minimum absolute atomic E-state index is 0.0789. The number of hydrogen-bond acceptors (Lipinski definition) is 2. The Labute approximate surface area is 119 Å². The van der Waals surface area contributed by atoms with Gasteiger partial charge in [0, 0.05) is 13.1 Å². The number of alkyl halides is 3. The smallest absolute Gasteiger partial charge is 0.313 e. The maximum absolute atomic E-state index is 12.7. The fourth-order valence-corrected chi connectivity index (χ4v) is 1.87. The Balaban J connectivity index is 1.96. The van der Waals surface area contributed by atoms with Crippen LogP contribution in [0.15, 0.2) is 48.5 Å². The van der Waals surface area contributed by atoms with E-state index >= 15 is 0 Å². The van der Waals surface area contributed by atoms with Gasteiger partial charge in [0.2, 0.25) is 0 Å². The highest BCUT2D eigenvalue weighted by atomic mass is 19.4. The van der Waals surface area contributed by atoms with Crippen LogP contribution < -0.4 is 0 Å². The van der Waals surface area contributed by atoms with Crippen molar-refractivity contribution >= 4 is 0 Å². The summed E-state index contributed by atoms with van der Waals surface area (Å²) in [6, 6.07) is 10.2. The Bertz CT molecular complexity index is 578. The molecule has 0 atom stereocenters. The molecule has 1 N–H and O–H groups in total. The number of hydroxylamine groups is 2. The third kappa shape index (κ3) is 4.54. The molecule has 21 heavy (non-hydrogen) atoms. The van der Waals surface area contributed by atoms with Crippen molar-refractivity contribution in [2.24, 2.45) is 0 Å². The lowest BCUT2D eigenvalue weighted by atomic mass is 10.1. The lowest BCUT2D eigenvalue weighted by Gasteiger charge is -2.15. The Hall–Kier alpha value is -1.92. The maximum atomic E-state index is 12.7. The number of nitrogens with zero attached hydrogens (tertiary/aromatic N) is 1. The molecule has 0 aliphatic carbocycles. The second-order valence-electron chi connectivity index (χ2n) is 4.64. The molecule has 2 aromatic rings. The van der Waals surface area contributed by atoms with E-state index in [0.29, 0.717) is 11.1 Å². The number of rotatable bonds is 4. The van der Waals surface area contributed by atoms with Gasteiger partial charge in [-0.2, -0.15) is 18.2 Å². The molecule has 6 heteroatoms. The standard InChI is InChI=1S/C15H13F4NO/c16-14-7-3-12(4-8-14)10-20(21)9-11-1-5-13(6-2-11)15(17,18)19/h1-8,21H,9-10H2. The summed E-state index contributed by atoms with van der Waals surface area (Å²) in [5.74, 6) is -0.369. The molecule has 0 spiro atoms. The van der Waals surface area contributed by atoms with E-state index in [2.05, 4.69) is 0 Å². The van der Waals surface area contributed by atoms with E-state index in [1.54, 1.807) is 0 Å². The van der Waals surface area contributed by atoms with Crippen molar-refractivity contribution in [3.63, 3.8) is 0 Å². The van der Waals surface area contributed by atoms with Gasteiger partial charge in [-0.15, -0.1) is 0 Å². The SMILES string of the molecule is ON(Cc1ccc(F)cc1)Cc1ccc(C(F)(F)F)cc1. The summed E-state index contributed by atoms with van der Waals surface area (Å²) in [5, 5.41) is 10.7. The Morgan fingerprint density at radius 3 is 1.67 bits per heavy atom. The van der Waals surface area contributed by atoms with Crippen molar-refractivity contribution in [1.29, 1.82) is 0 Å². The molecule has 2 nitrogen and oxygen atoms in total. The molecule has 0 radical (unpaired) electrons. The molecule has 0 aliphatic heterocycles. The molecule has 0 heterocycles. The predicted molar refractivity (Wildman–Crippen MR) is 68.9 cm³/mol. The van der Waals surface area contributed by atoms with Crippen molar-refractivity contribution in [2.45, 2.75) is 19.3 Å². The predicted octanol–water partition coefficient (Wildman–Crippen LogP) is 4.24. The zero-order valence-corrected chi connectivity index (χ0v) is 10.9. The fourth-order valence-electron chi connectivity index (χ4n) is 1.87. The Morgan fingerprint density at radius 2 is 1.24 bits per heavy atom. The third-order valence-corrected chi connectivity index (χ3v) is 2.92. The highest BCUT2D eigenvalue weighted by molar-refractivity contribution is 5.24. The minimum Gasteiger partial charge on any atom is -0.313 e. The quantitative estimate of drug-likeness (QED) is 0.674. The summed E-state index contributed by atoms with van der Waals surface area (Å²) in [5.41, 5.74) is 0.521. The van der Waals surface area contributed by atoms with Gasteiger partial charge in [0.25, 0.3) is 0 Å². The zero-order valence-electron chi connectivity index (χ0n) is 10.9. The molecule has 0 fully saturated rings. The van der Waals surface area contributed by atoms with Crippen molar-refractivity contribution in [3.05, 3.63) is 71.0 Å². The first-order chi connectivity index (χ1) is 9.84. The van der Waals surface area contributed by atoms with E-state index in [4.69, 9.17) is 0 Å². The monoisotopic (exact) mass is 299 g/mol. The molecule has 0 bridgehead atoms. The van der Waals surface area contributed by atoms with Crippen LogP contribution in [0.3, 0.4) is 0 Å². The highest BCUT2D eigenvalue weighted by Gasteiger charge is 2.29. The molecule has 112 valence electrons. The normalized spacial score (nSPS) is 11.9. The minimum atomic E-state index is -4.37. The molecular formula is C15H13F4NO. The van der Waals surface area contributed by atoms with E-state index < -0.39 is 11.7 Å². The van der Waals surface area contributed by atoms with Crippen LogP contribution in [0.2, 0.25) is 0 Å². The molecule has 0 aliphatic rings. The van der Waals surface area contributed by atoms with Gasteiger partial charge in [-0.1, -0.05) is 24.3 Å². The zero-order chi connectivity index (χ0) is 15.5. The van der Waals surface area contributed by atoms with Crippen molar-refractivity contribution in [3.8, 4) is 0 Å². The van der Waals surface area contributed by atoms with E-state index in [1.165, 1.54) is 36.4 Å². The first-order valence-corrected chi connectivity index (χ1v) is 6.19. The van der Waals surface area contributed by atoms with Gasteiger partial charge >= 0.3 is 6.18 Å². The van der Waals surface area contributed by atoms with Crippen LogP contribution in [0.5, 0.6) is 0 Å². The van der Waals surface area contributed by atoms with Crippen LogP contribution in [0.25, 0.3) is 0 Å². The number of halogens is 4. The summed E-state index contributed by atoms with van der Waals surface area (Å²) in [4.78, 5) is 0. The summed E-state index contributed by atoms with van der Waals surface area (Å²) in [6.45, 7) is 0.233. The Kier molecular flexibility index (Phi) is 4.59. The average Bonchev–Trinajstić information content (AvgIpc) is 2.41. The molecular weight excluding hydrogens is 286 g/mol. The van der Waals surface area contributed by atoms with Crippen LogP contribution in [-0.4, -0.2) is 10.3 Å². The highest BCUT2D eigenvalue weighted by Crippen LogP contribution is 2.29. The van der Waals surface area contributed by atoms with Gasteiger partial charge in [0.05, 0.1) is 5.56 Å². The lowest BCUT2D eigenvalue weighted by Crippen LogP contribution is -2.18. The third-order valence-electron chi connectivity index (χ3n) is 2.92. The lowest BCUT2D eigenvalue weighted by molar-refractivity contribution is -0.137. The molecule has 0 saturated heterocycles. The largest absolute Gasteiger partial charge is 0.416 e. The van der Waals surface area contributed by atoms with Gasteiger partial charge in [-0.3, -0.25) is 0 Å². The first-order valence-electron chi connectivity index (χ1n) is 6.19. The summed E-state index contributed by atoms with van der Waals surface area (Å²) >= 11 is 0. The number of hydrogen-bond donors (Lipinski definition) is 1. The molecule has 2 rings (SSSR count). The summed E-state index contributed by atoms with van der Waals surface area (Å²) < 4.78 is 50.0. The van der Waals surface area contributed by atoms with E-state index in [9.17, 15) is 22.8 Å². The van der Waals surface area contributed by atoms with Gasteiger partial charge in [-0.25, -0.2) is 4.39 Å². The average molecular weight is 299 g/mol. The van der Waals surface area contributed by atoms with Crippen LogP contribution in [0.1, 0.15) is 16.7 Å². The second-order valence-corrected chi connectivity index (χ2v) is 4.64.